The van der Waals surface area contributed by atoms with Gasteiger partial charge in [-0.3, -0.25) is 0 Å². The van der Waals surface area contributed by atoms with Crippen LogP contribution in [-0.4, -0.2) is 14.5 Å². The van der Waals surface area contributed by atoms with Crippen molar-refractivity contribution in [3.05, 3.63) is 236 Å². The maximum atomic E-state index is 5.26. The Bertz CT molecular complexity index is 3440. The Kier molecular flexibility index (Phi) is 8.84. The lowest BCUT2D eigenvalue weighted by atomic mass is 9.82. The standard InChI is InChI=1S/C61H43N3/c1-61(2)53-28-16-15-26-50(53)59-49(27-17-29-54(59)61)44-30-32-57-51(37-44)52-38-45(60-62-55(42-22-11-5-12-23-42)39-56(63-60)43-24-13-6-14-25-43)31-33-58(52)64(57)48-35-46(40-18-7-3-8-19-40)34-47(36-48)41-20-9-4-10-21-41/h3-39H,1-2H3. The monoisotopic (exact) mass is 817 g/mol. The van der Waals surface area contributed by atoms with Gasteiger partial charge in [0.1, 0.15) is 0 Å². The fourth-order valence-corrected chi connectivity index (χ4v) is 10.0. The van der Waals surface area contributed by atoms with E-state index in [1.165, 1.54) is 61.0 Å². The lowest BCUT2D eigenvalue weighted by molar-refractivity contribution is 0.660. The van der Waals surface area contributed by atoms with Gasteiger partial charge in [-0.25, -0.2) is 9.97 Å². The summed E-state index contributed by atoms with van der Waals surface area (Å²) < 4.78 is 2.45. The molecule has 64 heavy (non-hydrogen) atoms. The van der Waals surface area contributed by atoms with Crippen molar-refractivity contribution in [3.8, 4) is 84.1 Å². The first kappa shape index (κ1) is 37.6. The Morgan fingerprint density at radius 3 is 1.39 bits per heavy atom. The largest absolute Gasteiger partial charge is 0.309 e. The Labute approximate surface area is 373 Å². The molecule has 11 aromatic rings. The number of hydrogen-bond donors (Lipinski definition) is 0. The first-order valence-electron chi connectivity index (χ1n) is 22.1. The van der Waals surface area contributed by atoms with E-state index in [0.29, 0.717) is 5.82 Å². The molecule has 0 fully saturated rings. The topological polar surface area (TPSA) is 30.7 Å². The van der Waals surface area contributed by atoms with Gasteiger partial charge in [0.25, 0.3) is 0 Å². The third-order valence-corrected chi connectivity index (χ3v) is 13.2. The Morgan fingerprint density at radius 2 is 0.812 bits per heavy atom. The molecule has 3 heteroatoms. The lowest BCUT2D eigenvalue weighted by Gasteiger charge is -2.21. The van der Waals surface area contributed by atoms with Crippen molar-refractivity contribution in [1.29, 1.82) is 0 Å². The van der Waals surface area contributed by atoms with Crippen molar-refractivity contribution in [1.82, 2.24) is 14.5 Å². The summed E-state index contributed by atoms with van der Waals surface area (Å²) in [5.41, 5.74) is 20.6. The van der Waals surface area contributed by atoms with Gasteiger partial charge in [-0.2, -0.15) is 0 Å². The molecule has 3 nitrogen and oxygen atoms in total. The highest BCUT2D eigenvalue weighted by Crippen LogP contribution is 2.52. The number of rotatable bonds is 7. The van der Waals surface area contributed by atoms with E-state index in [2.05, 4.69) is 231 Å². The quantitative estimate of drug-likeness (QED) is 0.160. The zero-order chi connectivity index (χ0) is 42.8. The van der Waals surface area contributed by atoms with Crippen molar-refractivity contribution >= 4 is 21.8 Å². The fourth-order valence-electron chi connectivity index (χ4n) is 10.0. The maximum absolute atomic E-state index is 5.26. The van der Waals surface area contributed by atoms with Gasteiger partial charge in [-0.1, -0.05) is 184 Å². The second kappa shape index (κ2) is 15.0. The molecule has 0 atom stereocenters. The minimum Gasteiger partial charge on any atom is -0.309 e. The summed E-state index contributed by atoms with van der Waals surface area (Å²) >= 11 is 0. The molecule has 9 aromatic carbocycles. The molecule has 0 amide bonds. The van der Waals surface area contributed by atoms with E-state index in [-0.39, 0.29) is 5.41 Å². The molecule has 1 aliphatic rings. The Morgan fingerprint density at radius 1 is 0.344 bits per heavy atom. The molecule has 0 unspecified atom stereocenters. The van der Waals surface area contributed by atoms with Crippen molar-refractivity contribution in [2.45, 2.75) is 19.3 Å². The smallest absolute Gasteiger partial charge is 0.160 e. The molecule has 1 aliphatic carbocycles. The second-order valence-electron chi connectivity index (χ2n) is 17.4. The van der Waals surface area contributed by atoms with Gasteiger partial charge in [0.15, 0.2) is 5.82 Å². The van der Waals surface area contributed by atoms with Crippen molar-refractivity contribution < 1.29 is 0 Å². The highest BCUT2D eigenvalue weighted by Gasteiger charge is 2.36. The van der Waals surface area contributed by atoms with Gasteiger partial charge in [0.2, 0.25) is 0 Å². The highest BCUT2D eigenvalue weighted by atomic mass is 15.0. The highest BCUT2D eigenvalue weighted by molar-refractivity contribution is 6.12. The van der Waals surface area contributed by atoms with Gasteiger partial charge >= 0.3 is 0 Å². The molecule has 0 aliphatic heterocycles. The minimum atomic E-state index is -0.0932. The predicted octanol–water partition coefficient (Wildman–Crippen LogP) is 15.9. The summed E-state index contributed by atoms with van der Waals surface area (Å²) in [6.45, 7) is 4.70. The van der Waals surface area contributed by atoms with Crippen LogP contribution >= 0.6 is 0 Å². The summed E-state index contributed by atoms with van der Waals surface area (Å²) in [7, 11) is 0. The average Bonchev–Trinajstić information content (AvgIpc) is 3.82. The van der Waals surface area contributed by atoms with E-state index in [1.54, 1.807) is 0 Å². The first-order valence-corrected chi connectivity index (χ1v) is 22.1. The Hall–Kier alpha value is -8.14. The fraction of sp³-hybridized carbons (Fsp3) is 0.0492. The van der Waals surface area contributed by atoms with Crippen LogP contribution in [0.1, 0.15) is 25.0 Å². The molecule has 0 radical (unpaired) electrons. The third-order valence-electron chi connectivity index (χ3n) is 13.2. The number of fused-ring (bicyclic) bond motifs is 6. The Balaban J connectivity index is 1.12. The van der Waals surface area contributed by atoms with Gasteiger partial charge in [0.05, 0.1) is 22.4 Å². The average molecular weight is 818 g/mol. The van der Waals surface area contributed by atoms with Crippen LogP contribution in [0.3, 0.4) is 0 Å². The summed E-state index contributed by atoms with van der Waals surface area (Å²) in [6.07, 6.45) is 0. The zero-order valence-electron chi connectivity index (χ0n) is 35.7. The van der Waals surface area contributed by atoms with Gasteiger partial charge in [0, 0.05) is 38.6 Å². The van der Waals surface area contributed by atoms with Crippen LogP contribution in [-0.2, 0) is 5.41 Å². The van der Waals surface area contributed by atoms with Crippen LogP contribution in [0, 0.1) is 0 Å². The number of hydrogen-bond acceptors (Lipinski definition) is 2. The van der Waals surface area contributed by atoms with E-state index in [9.17, 15) is 0 Å². The molecule has 0 saturated heterocycles. The van der Waals surface area contributed by atoms with Crippen molar-refractivity contribution in [2.24, 2.45) is 0 Å². The van der Waals surface area contributed by atoms with Gasteiger partial charge in [-0.05, 0) is 110 Å². The maximum Gasteiger partial charge on any atom is 0.160 e. The van der Waals surface area contributed by atoms with Crippen molar-refractivity contribution in [2.75, 3.05) is 0 Å². The van der Waals surface area contributed by atoms with E-state index in [0.717, 1.165) is 50.2 Å². The van der Waals surface area contributed by atoms with Crippen LogP contribution in [0.15, 0.2) is 224 Å². The van der Waals surface area contributed by atoms with Crippen molar-refractivity contribution in [3.63, 3.8) is 0 Å². The van der Waals surface area contributed by atoms with Crippen LogP contribution in [0.25, 0.3) is 106 Å². The third kappa shape index (κ3) is 6.28. The minimum absolute atomic E-state index is 0.0932. The molecular formula is C61H43N3. The van der Waals surface area contributed by atoms with E-state index in [1.807, 2.05) is 12.1 Å². The summed E-state index contributed by atoms with van der Waals surface area (Å²) in [6, 6.07) is 80.9. The normalized spacial score (nSPS) is 12.7. The van der Waals surface area contributed by atoms with E-state index >= 15 is 0 Å². The molecule has 2 heterocycles. The second-order valence-corrected chi connectivity index (χ2v) is 17.4. The number of benzene rings is 9. The zero-order valence-corrected chi connectivity index (χ0v) is 35.7. The molecular weight excluding hydrogens is 775 g/mol. The van der Waals surface area contributed by atoms with Crippen LogP contribution < -0.4 is 0 Å². The molecule has 0 bridgehead atoms. The molecule has 302 valence electrons. The number of aromatic nitrogens is 3. The molecule has 12 rings (SSSR count). The van der Waals surface area contributed by atoms with Gasteiger partial charge < -0.3 is 4.57 Å². The van der Waals surface area contributed by atoms with Crippen LogP contribution in [0.5, 0.6) is 0 Å². The first-order chi connectivity index (χ1) is 31.5. The van der Waals surface area contributed by atoms with Crippen LogP contribution in [0.2, 0.25) is 0 Å². The molecule has 0 spiro atoms. The van der Waals surface area contributed by atoms with E-state index < -0.39 is 0 Å². The molecule has 0 N–H and O–H groups in total. The molecule has 0 saturated carbocycles. The molecule has 2 aromatic heterocycles. The predicted molar refractivity (Wildman–Crippen MR) is 267 cm³/mol. The SMILES string of the molecule is CC1(C)c2ccccc2-c2c(-c3ccc4c(c3)c3cc(-c5nc(-c6ccccc6)cc(-c6ccccc6)n5)ccc3n4-c3cc(-c4ccccc4)cc(-c4ccccc4)c3)cccc21. The summed E-state index contributed by atoms with van der Waals surface area (Å²) in [5.74, 6) is 0.691. The van der Waals surface area contributed by atoms with Gasteiger partial charge in [-0.15, -0.1) is 0 Å². The summed E-state index contributed by atoms with van der Waals surface area (Å²) in [4.78, 5) is 10.5. The summed E-state index contributed by atoms with van der Waals surface area (Å²) in [5, 5.41) is 2.32. The van der Waals surface area contributed by atoms with Crippen LogP contribution in [0.4, 0.5) is 0 Å². The lowest BCUT2D eigenvalue weighted by Crippen LogP contribution is -2.14. The number of nitrogens with zero attached hydrogens (tertiary/aromatic N) is 3. The van der Waals surface area contributed by atoms with E-state index in [4.69, 9.17) is 9.97 Å².